The average molecular weight is 178 g/mol. The van der Waals surface area contributed by atoms with Gasteiger partial charge in [0.25, 0.3) is 0 Å². The van der Waals surface area contributed by atoms with Crippen LogP contribution in [0.1, 0.15) is 0 Å². The molecule has 0 aliphatic carbocycles. The predicted octanol–water partition coefficient (Wildman–Crippen LogP) is 0.825. The molecule has 0 fully saturated rings. The number of anilines is 1. The molecule has 13 heavy (non-hydrogen) atoms. The van der Waals surface area contributed by atoms with E-state index < -0.39 is 4.92 Å². The fourth-order valence-electron chi connectivity index (χ4n) is 1.18. The van der Waals surface area contributed by atoms with Crippen molar-refractivity contribution in [3.05, 3.63) is 34.5 Å². The Labute approximate surface area is 72.8 Å². The maximum absolute atomic E-state index is 10.6. The number of imidazole rings is 1. The van der Waals surface area contributed by atoms with E-state index in [-0.39, 0.29) is 11.6 Å². The van der Waals surface area contributed by atoms with Crippen LogP contribution < -0.4 is 5.73 Å². The summed E-state index contributed by atoms with van der Waals surface area (Å²) in [5, 5.41) is 10.6. The first kappa shape index (κ1) is 7.53. The number of rotatable bonds is 1. The first-order valence-electron chi connectivity index (χ1n) is 3.57. The second kappa shape index (κ2) is 2.44. The molecular formula is C7H6N4O2. The molecule has 66 valence electrons. The van der Waals surface area contributed by atoms with Gasteiger partial charge < -0.3 is 15.8 Å². The third kappa shape index (κ3) is 0.994. The van der Waals surface area contributed by atoms with Crippen molar-refractivity contribution in [3.63, 3.8) is 0 Å². The summed E-state index contributed by atoms with van der Waals surface area (Å²) in [5.41, 5.74) is 5.86. The third-order valence-electron chi connectivity index (χ3n) is 1.70. The number of hydrogen-bond donors (Lipinski definition) is 1. The molecule has 0 aromatic carbocycles. The Bertz CT molecular complexity index is 476. The highest BCUT2D eigenvalue weighted by atomic mass is 16.6. The molecule has 0 aliphatic rings. The summed E-state index contributed by atoms with van der Waals surface area (Å²) in [6.45, 7) is 0. The molecule has 0 saturated heterocycles. The minimum Gasteiger partial charge on any atom is -0.377 e. The van der Waals surface area contributed by atoms with Crippen molar-refractivity contribution in [1.29, 1.82) is 0 Å². The van der Waals surface area contributed by atoms with E-state index >= 15 is 0 Å². The molecule has 6 heteroatoms. The van der Waals surface area contributed by atoms with E-state index in [2.05, 4.69) is 4.98 Å². The number of pyridine rings is 1. The summed E-state index contributed by atoms with van der Waals surface area (Å²) >= 11 is 0. The highest BCUT2D eigenvalue weighted by molar-refractivity contribution is 5.59. The molecule has 0 radical (unpaired) electrons. The zero-order valence-electron chi connectivity index (χ0n) is 6.54. The Hall–Kier alpha value is -2.11. The van der Waals surface area contributed by atoms with Gasteiger partial charge in [-0.15, -0.1) is 0 Å². The molecular weight excluding hydrogens is 172 g/mol. The van der Waals surface area contributed by atoms with Crippen molar-refractivity contribution in [2.45, 2.75) is 0 Å². The summed E-state index contributed by atoms with van der Waals surface area (Å²) in [4.78, 5) is 13.8. The van der Waals surface area contributed by atoms with E-state index in [0.717, 1.165) is 0 Å². The Morgan fingerprint density at radius 2 is 2.31 bits per heavy atom. The van der Waals surface area contributed by atoms with E-state index in [4.69, 9.17) is 5.73 Å². The third-order valence-corrected chi connectivity index (χ3v) is 1.70. The standard InChI is InChI=1S/C7H6N4O2/c8-6-7(11(12)13)10-4-2-1-3-5(10)9-6/h1-4H,8H2. The number of nitrogens with two attached hydrogens (primary N) is 1. The maximum Gasteiger partial charge on any atom is 0.371 e. The Kier molecular flexibility index (Phi) is 1.42. The molecule has 2 aromatic heterocycles. The van der Waals surface area contributed by atoms with E-state index in [0.29, 0.717) is 5.65 Å². The summed E-state index contributed by atoms with van der Waals surface area (Å²) in [5.74, 6) is -0.244. The first-order chi connectivity index (χ1) is 6.20. The second-order valence-electron chi connectivity index (χ2n) is 2.51. The SMILES string of the molecule is Nc1nc2ccccn2c1[N+](=O)[O-]. The van der Waals surface area contributed by atoms with Gasteiger partial charge in [-0.25, -0.2) is 0 Å². The number of nitrogens with zero attached hydrogens (tertiary/aromatic N) is 3. The van der Waals surface area contributed by atoms with Crippen molar-refractivity contribution in [3.8, 4) is 0 Å². The van der Waals surface area contributed by atoms with Crippen molar-refractivity contribution in [2.24, 2.45) is 0 Å². The van der Waals surface area contributed by atoms with Crippen molar-refractivity contribution in [1.82, 2.24) is 9.38 Å². The minimum absolute atomic E-state index is 0.0591. The van der Waals surface area contributed by atoms with Gasteiger partial charge in [-0.1, -0.05) is 6.07 Å². The minimum atomic E-state index is -0.546. The topological polar surface area (TPSA) is 86.5 Å². The van der Waals surface area contributed by atoms with Gasteiger partial charge in [-0.2, -0.15) is 9.38 Å². The van der Waals surface area contributed by atoms with Crippen molar-refractivity contribution >= 4 is 17.3 Å². The number of nitrogen functional groups attached to an aromatic ring is 1. The second-order valence-corrected chi connectivity index (χ2v) is 2.51. The lowest BCUT2D eigenvalue weighted by Gasteiger charge is -1.92. The van der Waals surface area contributed by atoms with E-state index in [1.54, 1.807) is 24.4 Å². The number of nitro groups is 1. The summed E-state index contributed by atoms with van der Waals surface area (Å²) < 4.78 is 1.34. The fourth-order valence-corrected chi connectivity index (χ4v) is 1.18. The molecule has 0 amide bonds. The van der Waals surface area contributed by atoms with Crippen LogP contribution in [0.15, 0.2) is 24.4 Å². The summed E-state index contributed by atoms with van der Waals surface area (Å²) in [6, 6.07) is 5.08. The van der Waals surface area contributed by atoms with Gasteiger partial charge in [0.05, 0.1) is 6.20 Å². The first-order valence-corrected chi connectivity index (χ1v) is 3.57. The van der Waals surface area contributed by atoms with Crippen LogP contribution >= 0.6 is 0 Å². The largest absolute Gasteiger partial charge is 0.377 e. The van der Waals surface area contributed by atoms with Gasteiger partial charge in [0.1, 0.15) is 0 Å². The van der Waals surface area contributed by atoms with Crippen LogP contribution in [0.3, 0.4) is 0 Å². The number of aromatic nitrogens is 2. The molecule has 2 rings (SSSR count). The lowest BCUT2D eigenvalue weighted by molar-refractivity contribution is -0.389. The lowest BCUT2D eigenvalue weighted by Crippen LogP contribution is -1.96. The van der Waals surface area contributed by atoms with E-state index in [1.807, 2.05) is 0 Å². The highest BCUT2D eigenvalue weighted by Gasteiger charge is 2.18. The Morgan fingerprint density at radius 1 is 1.54 bits per heavy atom. The normalized spacial score (nSPS) is 10.5. The molecule has 0 saturated carbocycles. The monoisotopic (exact) mass is 178 g/mol. The van der Waals surface area contributed by atoms with Gasteiger partial charge >= 0.3 is 5.82 Å². The quantitative estimate of drug-likeness (QED) is 0.517. The fraction of sp³-hybridized carbons (Fsp3) is 0. The number of hydrogen-bond acceptors (Lipinski definition) is 4. The molecule has 0 spiro atoms. The molecule has 2 aromatic rings. The van der Waals surface area contributed by atoms with Crippen molar-refractivity contribution in [2.75, 3.05) is 5.73 Å². The van der Waals surface area contributed by atoms with Crippen molar-refractivity contribution < 1.29 is 4.92 Å². The van der Waals surface area contributed by atoms with Gasteiger partial charge in [-0.05, 0) is 11.0 Å². The van der Waals surface area contributed by atoms with Gasteiger partial charge in [0, 0.05) is 6.07 Å². The Morgan fingerprint density at radius 3 is 3.00 bits per heavy atom. The average Bonchev–Trinajstić information content (AvgIpc) is 2.39. The molecule has 0 unspecified atom stereocenters. The van der Waals surface area contributed by atoms with Crippen LogP contribution in [0, 0.1) is 10.1 Å². The highest BCUT2D eigenvalue weighted by Crippen LogP contribution is 2.21. The van der Waals surface area contributed by atoms with Crippen LogP contribution in [0.2, 0.25) is 0 Å². The molecule has 2 heterocycles. The van der Waals surface area contributed by atoms with Crippen LogP contribution in [0.25, 0.3) is 5.65 Å². The lowest BCUT2D eigenvalue weighted by atomic mass is 10.5. The summed E-state index contributed by atoms with van der Waals surface area (Å²) in [7, 11) is 0. The zero-order chi connectivity index (χ0) is 9.42. The molecule has 6 nitrogen and oxygen atoms in total. The smallest absolute Gasteiger partial charge is 0.371 e. The van der Waals surface area contributed by atoms with Gasteiger partial charge in [0.15, 0.2) is 0 Å². The predicted molar refractivity (Wildman–Crippen MR) is 46.3 cm³/mol. The zero-order valence-corrected chi connectivity index (χ0v) is 6.54. The molecule has 0 aliphatic heterocycles. The van der Waals surface area contributed by atoms with Crippen LogP contribution in [-0.4, -0.2) is 14.3 Å². The number of fused-ring (bicyclic) bond motifs is 1. The van der Waals surface area contributed by atoms with Crippen LogP contribution in [0.5, 0.6) is 0 Å². The van der Waals surface area contributed by atoms with Gasteiger partial charge in [-0.3, -0.25) is 0 Å². The Balaban J connectivity index is 2.86. The van der Waals surface area contributed by atoms with Crippen LogP contribution in [0.4, 0.5) is 11.6 Å². The van der Waals surface area contributed by atoms with Crippen LogP contribution in [-0.2, 0) is 0 Å². The molecule has 2 N–H and O–H groups in total. The van der Waals surface area contributed by atoms with E-state index in [9.17, 15) is 10.1 Å². The molecule has 0 bridgehead atoms. The van der Waals surface area contributed by atoms with E-state index in [1.165, 1.54) is 4.40 Å². The summed E-state index contributed by atoms with van der Waals surface area (Å²) in [6.07, 6.45) is 1.55. The maximum atomic E-state index is 10.6. The van der Waals surface area contributed by atoms with Gasteiger partial charge in [0.2, 0.25) is 11.5 Å². The molecule has 0 atom stereocenters.